The van der Waals surface area contributed by atoms with Gasteiger partial charge in [0.05, 0.1) is 10.6 Å². The van der Waals surface area contributed by atoms with Gasteiger partial charge in [0.2, 0.25) is 0 Å². The lowest BCUT2D eigenvalue weighted by molar-refractivity contribution is 0.601. The number of rotatable bonds is 5. The minimum Gasteiger partial charge on any atom is -0.261 e. The highest BCUT2D eigenvalue weighted by Gasteiger charge is 2.20. The van der Waals surface area contributed by atoms with Crippen LogP contribution in [0.25, 0.3) is 16.8 Å². The van der Waals surface area contributed by atoms with Crippen molar-refractivity contribution in [3.8, 4) is 16.8 Å². The summed E-state index contributed by atoms with van der Waals surface area (Å²) in [5.41, 5.74) is 3.34. The number of halogens is 1. The molecule has 0 saturated heterocycles. The maximum Gasteiger partial charge on any atom is 0.263 e. The predicted octanol–water partition coefficient (Wildman–Crippen LogP) is 5.30. The first-order valence-corrected chi connectivity index (χ1v) is 10.8. The molecule has 1 aromatic heterocycles. The highest BCUT2D eigenvalue weighted by Crippen LogP contribution is 2.31. The van der Waals surface area contributed by atoms with Gasteiger partial charge in [-0.2, -0.15) is 0 Å². The molecule has 4 aromatic rings. The van der Waals surface area contributed by atoms with Gasteiger partial charge in [0.1, 0.15) is 0 Å². The first-order valence-electron chi connectivity index (χ1n) is 8.93. The van der Waals surface area contributed by atoms with Crippen molar-refractivity contribution in [2.45, 2.75) is 11.8 Å². The SMILES string of the molecule is Cc1cccc(-c2cn(-c3cccc(Cl)c3)nc2NS(=O)(=O)c2ccccc2)c1. The lowest BCUT2D eigenvalue weighted by Crippen LogP contribution is -2.14. The Labute approximate surface area is 174 Å². The van der Waals surface area contributed by atoms with E-state index in [9.17, 15) is 8.42 Å². The van der Waals surface area contributed by atoms with Crippen LogP contribution in [-0.2, 0) is 10.0 Å². The van der Waals surface area contributed by atoms with Gasteiger partial charge in [0, 0.05) is 16.8 Å². The largest absolute Gasteiger partial charge is 0.263 e. The molecule has 0 unspecified atom stereocenters. The van der Waals surface area contributed by atoms with E-state index in [0.29, 0.717) is 10.6 Å². The van der Waals surface area contributed by atoms with Gasteiger partial charge in [-0.05, 0) is 42.8 Å². The maximum absolute atomic E-state index is 12.9. The van der Waals surface area contributed by atoms with Crippen LogP contribution in [0.5, 0.6) is 0 Å². The minimum atomic E-state index is -3.78. The molecule has 0 radical (unpaired) electrons. The Morgan fingerprint density at radius 2 is 1.69 bits per heavy atom. The quantitative estimate of drug-likeness (QED) is 0.473. The summed E-state index contributed by atoms with van der Waals surface area (Å²) >= 11 is 6.11. The minimum absolute atomic E-state index is 0.174. The van der Waals surface area contributed by atoms with Crippen LogP contribution in [0.3, 0.4) is 0 Å². The average Bonchev–Trinajstić information content (AvgIpc) is 3.12. The topological polar surface area (TPSA) is 64.0 Å². The number of sulfonamides is 1. The normalized spacial score (nSPS) is 11.4. The van der Waals surface area contributed by atoms with Crippen LogP contribution < -0.4 is 4.72 Å². The Balaban J connectivity index is 1.83. The fourth-order valence-corrected chi connectivity index (χ4v) is 4.23. The number of aryl methyl sites for hydroxylation is 1. The van der Waals surface area contributed by atoms with Crippen LogP contribution in [-0.4, -0.2) is 18.2 Å². The van der Waals surface area contributed by atoms with Gasteiger partial charge < -0.3 is 0 Å². The molecule has 29 heavy (non-hydrogen) atoms. The van der Waals surface area contributed by atoms with E-state index in [1.165, 1.54) is 0 Å². The fourth-order valence-electron chi connectivity index (χ4n) is 3.01. The number of nitrogens with one attached hydrogen (secondary N) is 1. The standard InChI is InChI=1S/C22H18ClN3O2S/c1-16-7-5-8-17(13-16)21-15-26(19-10-6-9-18(23)14-19)24-22(21)25-29(27,28)20-11-3-2-4-12-20/h2-15H,1H3,(H,24,25). The van der Waals surface area contributed by atoms with Gasteiger partial charge in [0.25, 0.3) is 10.0 Å². The molecular weight excluding hydrogens is 406 g/mol. The number of hydrogen-bond donors (Lipinski definition) is 1. The van der Waals surface area contributed by atoms with Crippen molar-refractivity contribution in [2.24, 2.45) is 0 Å². The van der Waals surface area contributed by atoms with Crippen molar-refractivity contribution in [3.05, 3.63) is 95.6 Å². The summed E-state index contributed by atoms with van der Waals surface area (Å²) in [6, 6.07) is 23.3. The zero-order valence-corrected chi connectivity index (χ0v) is 17.2. The number of aromatic nitrogens is 2. The highest BCUT2D eigenvalue weighted by atomic mass is 35.5. The Morgan fingerprint density at radius 3 is 2.41 bits per heavy atom. The molecule has 0 bridgehead atoms. The second kappa shape index (κ2) is 7.73. The molecule has 1 N–H and O–H groups in total. The monoisotopic (exact) mass is 423 g/mol. The van der Waals surface area contributed by atoms with Crippen LogP contribution in [0.1, 0.15) is 5.56 Å². The summed E-state index contributed by atoms with van der Waals surface area (Å²) in [4.78, 5) is 0.174. The van der Waals surface area contributed by atoms with E-state index in [-0.39, 0.29) is 10.7 Å². The first kappa shape index (κ1) is 19.2. The lowest BCUT2D eigenvalue weighted by Gasteiger charge is -2.08. The summed E-state index contributed by atoms with van der Waals surface area (Å²) < 4.78 is 30.0. The van der Waals surface area contributed by atoms with Crippen molar-refractivity contribution in [2.75, 3.05) is 4.72 Å². The number of nitrogens with zero attached hydrogens (tertiary/aromatic N) is 2. The third kappa shape index (κ3) is 4.18. The van der Waals surface area contributed by atoms with Gasteiger partial charge in [-0.15, -0.1) is 5.10 Å². The average molecular weight is 424 g/mol. The Kier molecular flexibility index (Phi) is 5.13. The number of hydrogen-bond acceptors (Lipinski definition) is 3. The van der Waals surface area contributed by atoms with E-state index >= 15 is 0 Å². The van der Waals surface area contributed by atoms with E-state index < -0.39 is 10.0 Å². The van der Waals surface area contributed by atoms with Gasteiger partial charge >= 0.3 is 0 Å². The summed E-state index contributed by atoms with van der Waals surface area (Å²) in [6.45, 7) is 1.98. The predicted molar refractivity (Wildman–Crippen MR) is 116 cm³/mol. The van der Waals surface area contributed by atoms with Crippen LogP contribution in [0.4, 0.5) is 5.82 Å². The molecule has 3 aromatic carbocycles. The van der Waals surface area contributed by atoms with Crippen molar-refractivity contribution in [1.82, 2.24) is 9.78 Å². The number of anilines is 1. The van der Waals surface area contributed by atoms with Gasteiger partial charge in [-0.1, -0.05) is 65.7 Å². The molecule has 0 aliphatic rings. The highest BCUT2D eigenvalue weighted by molar-refractivity contribution is 7.92. The second-order valence-electron chi connectivity index (χ2n) is 6.60. The molecule has 5 nitrogen and oxygen atoms in total. The van der Waals surface area contributed by atoms with Crippen LogP contribution >= 0.6 is 11.6 Å². The van der Waals surface area contributed by atoms with Gasteiger partial charge in [-0.25, -0.2) is 13.1 Å². The molecular formula is C22H18ClN3O2S. The molecule has 146 valence electrons. The third-order valence-electron chi connectivity index (χ3n) is 4.40. The molecule has 0 aliphatic heterocycles. The zero-order chi connectivity index (χ0) is 20.4. The lowest BCUT2D eigenvalue weighted by atomic mass is 10.1. The molecule has 7 heteroatoms. The van der Waals surface area contributed by atoms with E-state index in [0.717, 1.165) is 16.8 Å². The molecule has 0 fully saturated rings. The van der Waals surface area contributed by atoms with Crippen LogP contribution in [0.2, 0.25) is 5.02 Å². The molecule has 0 amide bonds. The van der Waals surface area contributed by atoms with Crippen molar-refractivity contribution < 1.29 is 8.42 Å². The smallest absolute Gasteiger partial charge is 0.261 e. The molecule has 0 saturated carbocycles. The molecule has 1 heterocycles. The zero-order valence-electron chi connectivity index (χ0n) is 15.6. The van der Waals surface area contributed by atoms with Crippen LogP contribution in [0, 0.1) is 6.92 Å². The molecule has 0 aliphatic carbocycles. The van der Waals surface area contributed by atoms with E-state index in [4.69, 9.17) is 11.6 Å². The first-order chi connectivity index (χ1) is 13.9. The summed E-state index contributed by atoms with van der Waals surface area (Å²) in [6.07, 6.45) is 1.79. The second-order valence-corrected chi connectivity index (χ2v) is 8.72. The third-order valence-corrected chi connectivity index (χ3v) is 5.99. The fraction of sp³-hybridized carbons (Fsp3) is 0.0455. The van der Waals surface area contributed by atoms with Crippen molar-refractivity contribution in [1.29, 1.82) is 0 Å². The Morgan fingerprint density at radius 1 is 0.931 bits per heavy atom. The van der Waals surface area contributed by atoms with E-state index in [1.807, 2.05) is 43.3 Å². The van der Waals surface area contributed by atoms with Crippen LogP contribution in [0.15, 0.2) is 90.0 Å². The van der Waals surface area contributed by atoms with Gasteiger partial charge in [-0.3, -0.25) is 4.72 Å². The van der Waals surface area contributed by atoms with E-state index in [2.05, 4.69) is 9.82 Å². The number of benzene rings is 3. The summed E-state index contributed by atoms with van der Waals surface area (Å²) in [7, 11) is -3.78. The summed E-state index contributed by atoms with van der Waals surface area (Å²) in [5.74, 6) is 0.249. The van der Waals surface area contributed by atoms with Gasteiger partial charge in [0.15, 0.2) is 5.82 Å². The van der Waals surface area contributed by atoms with E-state index in [1.54, 1.807) is 53.3 Å². The Bertz CT molecular complexity index is 1270. The molecule has 4 rings (SSSR count). The Hall–Kier alpha value is -3.09. The molecule has 0 atom stereocenters. The maximum atomic E-state index is 12.9. The summed E-state index contributed by atoms with van der Waals surface area (Å²) in [5, 5.41) is 5.08. The van der Waals surface area contributed by atoms with Crippen molar-refractivity contribution in [3.63, 3.8) is 0 Å². The molecule has 0 spiro atoms. The van der Waals surface area contributed by atoms with Crippen molar-refractivity contribution >= 4 is 27.4 Å².